The zero-order chi connectivity index (χ0) is 20.6. The number of ether oxygens (including phenoxy) is 1. The number of anilines is 2. The van der Waals surface area contributed by atoms with E-state index in [1.807, 2.05) is 4.90 Å². The van der Waals surface area contributed by atoms with Gasteiger partial charge in [0, 0.05) is 13.1 Å². The summed E-state index contributed by atoms with van der Waals surface area (Å²) in [6.45, 7) is 2.49. The first-order chi connectivity index (χ1) is 13.8. The minimum Gasteiger partial charge on any atom is -0.378 e. The predicted molar refractivity (Wildman–Crippen MR) is 98.0 cm³/mol. The van der Waals surface area contributed by atoms with Gasteiger partial charge in [-0.25, -0.2) is 0 Å². The van der Waals surface area contributed by atoms with Crippen LogP contribution >= 0.6 is 0 Å². The van der Waals surface area contributed by atoms with E-state index in [1.54, 1.807) is 25.1 Å². The van der Waals surface area contributed by atoms with Crippen molar-refractivity contribution in [3.8, 4) is 0 Å². The van der Waals surface area contributed by atoms with E-state index in [9.17, 15) is 18.0 Å². The standard InChI is InChI=1S/C18H18F3N5O3/c1-11-12(9-22-29-11)17(27)23-16-15-13(25-5-7-28-8-6-25)3-2-4-14(15)26(24-16)10-18(19,20)21/h2-4,9H,5-8,10H2,1H3,(H,23,24,27). The summed E-state index contributed by atoms with van der Waals surface area (Å²) >= 11 is 0. The molecule has 29 heavy (non-hydrogen) atoms. The highest BCUT2D eigenvalue weighted by atomic mass is 19.4. The van der Waals surface area contributed by atoms with Gasteiger partial charge in [-0.3, -0.25) is 9.48 Å². The fraction of sp³-hybridized carbons (Fsp3) is 0.389. The molecular formula is C18H18F3N5O3. The number of nitrogens with one attached hydrogen (secondary N) is 1. The van der Waals surface area contributed by atoms with Crippen molar-refractivity contribution in [2.75, 3.05) is 36.5 Å². The molecule has 0 atom stereocenters. The van der Waals surface area contributed by atoms with E-state index in [0.717, 1.165) is 4.68 Å². The lowest BCUT2D eigenvalue weighted by molar-refractivity contribution is -0.141. The topological polar surface area (TPSA) is 85.4 Å². The molecule has 0 unspecified atom stereocenters. The minimum absolute atomic E-state index is 0.0527. The van der Waals surface area contributed by atoms with E-state index in [2.05, 4.69) is 15.6 Å². The van der Waals surface area contributed by atoms with E-state index in [4.69, 9.17) is 9.26 Å². The lowest BCUT2D eigenvalue weighted by atomic mass is 10.1. The van der Waals surface area contributed by atoms with Crippen molar-refractivity contribution in [3.63, 3.8) is 0 Å². The molecule has 4 rings (SSSR count). The van der Waals surface area contributed by atoms with Crippen LogP contribution in [0.4, 0.5) is 24.7 Å². The Hall–Kier alpha value is -3.08. The third kappa shape index (κ3) is 3.90. The number of aryl methyl sites for hydroxylation is 1. The molecule has 3 aromatic rings. The maximum atomic E-state index is 13.1. The predicted octanol–water partition coefficient (Wildman–Crippen LogP) is 2.98. The van der Waals surface area contributed by atoms with E-state index in [1.165, 1.54) is 6.20 Å². The van der Waals surface area contributed by atoms with Gasteiger partial charge in [0.25, 0.3) is 5.91 Å². The first kappa shape index (κ1) is 19.2. The number of fused-ring (bicyclic) bond motifs is 1. The van der Waals surface area contributed by atoms with E-state index in [-0.39, 0.29) is 16.9 Å². The zero-order valence-corrected chi connectivity index (χ0v) is 15.5. The lowest BCUT2D eigenvalue weighted by Gasteiger charge is -2.29. The number of morpholine rings is 1. The Balaban J connectivity index is 1.80. The van der Waals surface area contributed by atoms with Crippen LogP contribution in [0.15, 0.2) is 28.9 Å². The number of hydrogen-bond acceptors (Lipinski definition) is 6. The van der Waals surface area contributed by atoms with Crippen LogP contribution in [-0.2, 0) is 11.3 Å². The largest absolute Gasteiger partial charge is 0.408 e. The number of nitrogens with zero attached hydrogens (tertiary/aromatic N) is 4. The van der Waals surface area contributed by atoms with Crippen molar-refractivity contribution in [2.45, 2.75) is 19.6 Å². The molecule has 3 heterocycles. The number of hydrogen-bond donors (Lipinski definition) is 1. The maximum absolute atomic E-state index is 13.1. The van der Waals surface area contributed by atoms with Crippen LogP contribution in [0, 0.1) is 6.92 Å². The summed E-state index contributed by atoms with van der Waals surface area (Å²) in [5.74, 6) is -0.203. The number of aromatic nitrogens is 3. The molecule has 1 saturated heterocycles. The lowest BCUT2D eigenvalue weighted by Crippen LogP contribution is -2.36. The van der Waals surface area contributed by atoms with Crippen molar-refractivity contribution >= 4 is 28.3 Å². The summed E-state index contributed by atoms with van der Waals surface area (Å²) < 4.78 is 50.3. The van der Waals surface area contributed by atoms with Gasteiger partial charge in [0.15, 0.2) is 5.82 Å². The van der Waals surface area contributed by atoms with E-state index in [0.29, 0.717) is 43.1 Å². The first-order valence-corrected chi connectivity index (χ1v) is 8.95. The van der Waals surface area contributed by atoms with E-state index >= 15 is 0 Å². The highest BCUT2D eigenvalue weighted by Crippen LogP contribution is 2.35. The molecule has 0 spiro atoms. The molecule has 1 aliphatic rings. The maximum Gasteiger partial charge on any atom is 0.408 e. The zero-order valence-electron chi connectivity index (χ0n) is 15.5. The highest BCUT2D eigenvalue weighted by Gasteiger charge is 2.31. The fourth-order valence-corrected chi connectivity index (χ4v) is 3.35. The molecule has 0 bridgehead atoms. The summed E-state index contributed by atoms with van der Waals surface area (Å²) in [6.07, 6.45) is -3.21. The molecule has 1 fully saturated rings. The average Bonchev–Trinajstić information content (AvgIpc) is 3.25. The summed E-state index contributed by atoms with van der Waals surface area (Å²) in [5, 5.41) is 10.7. The van der Waals surface area contributed by atoms with Crippen molar-refractivity contribution in [2.24, 2.45) is 0 Å². The average molecular weight is 409 g/mol. The van der Waals surface area contributed by atoms with Gasteiger partial charge in [0.1, 0.15) is 17.9 Å². The molecule has 1 amide bonds. The monoisotopic (exact) mass is 409 g/mol. The van der Waals surface area contributed by atoms with Crippen LogP contribution in [0.1, 0.15) is 16.1 Å². The van der Waals surface area contributed by atoms with Crippen LogP contribution in [0.5, 0.6) is 0 Å². The normalized spacial score (nSPS) is 15.1. The van der Waals surface area contributed by atoms with E-state index < -0.39 is 18.6 Å². The Morgan fingerprint density at radius 2 is 2.03 bits per heavy atom. The highest BCUT2D eigenvalue weighted by molar-refractivity contribution is 6.11. The smallest absolute Gasteiger partial charge is 0.378 e. The molecule has 1 aromatic carbocycles. The SMILES string of the molecule is Cc1oncc1C(=O)Nc1nn(CC(F)(F)F)c2cccc(N3CCOCC3)c12. The molecule has 154 valence electrons. The van der Waals surface area contributed by atoms with Gasteiger partial charge >= 0.3 is 6.18 Å². The van der Waals surface area contributed by atoms with Crippen molar-refractivity contribution in [1.29, 1.82) is 0 Å². The second-order valence-corrected chi connectivity index (χ2v) is 6.64. The Morgan fingerprint density at radius 3 is 2.69 bits per heavy atom. The number of alkyl halides is 3. The number of amides is 1. The minimum atomic E-state index is -4.46. The van der Waals surface area contributed by atoms with Gasteiger partial charge in [0.05, 0.1) is 36.0 Å². The van der Waals surface area contributed by atoms with Crippen LogP contribution in [0.3, 0.4) is 0 Å². The van der Waals surface area contributed by atoms with Gasteiger partial charge in [-0.05, 0) is 19.1 Å². The van der Waals surface area contributed by atoms with Crippen LogP contribution in [0.2, 0.25) is 0 Å². The number of rotatable bonds is 4. The first-order valence-electron chi connectivity index (χ1n) is 8.95. The molecule has 8 nitrogen and oxygen atoms in total. The quantitative estimate of drug-likeness (QED) is 0.713. The second kappa shape index (κ2) is 7.39. The molecule has 0 saturated carbocycles. The number of benzene rings is 1. The molecule has 2 aromatic heterocycles. The van der Waals surface area contributed by atoms with Crippen molar-refractivity contribution in [1.82, 2.24) is 14.9 Å². The van der Waals surface area contributed by atoms with Gasteiger partial charge in [-0.15, -0.1) is 0 Å². The summed E-state index contributed by atoms with van der Waals surface area (Å²) in [4.78, 5) is 14.6. The fourth-order valence-electron chi connectivity index (χ4n) is 3.35. The number of halogens is 3. The van der Waals surface area contributed by atoms with Crippen LogP contribution < -0.4 is 10.2 Å². The third-order valence-electron chi connectivity index (χ3n) is 4.66. The number of carbonyl (C=O) groups excluding carboxylic acids is 1. The Bertz CT molecular complexity index is 1040. The van der Waals surface area contributed by atoms with Gasteiger partial charge in [-0.2, -0.15) is 18.3 Å². The molecule has 0 radical (unpaired) electrons. The van der Waals surface area contributed by atoms with Gasteiger partial charge < -0.3 is 19.5 Å². The molecule has 1 aliphatic heterocycles. The van der Waals surface area contributed by atoms with Gasteiger partial charge in [-0.1, -0.05) is 11.2 Å². The third-order valence-corrected chi connectivity index (χ3v) is 4.66. The number of carbonyl (C=O) groups is 1. The Morgan fingerprint density at radius 1 is 1.28 bits per heavy atom. The molecule has 11 heteroatoms. The molecule has 1 N–H and O–H groups in total. The second-order valence-electron chi connectivity index (χ2n) is 6.64. The van der Waals surface area contributed by atoms with Crippen molar-refractivity contribution in [3.05, 3.63) is 35.7 Å². The summed E-state index contributed by atoms with van der Waals surface area (Å²) in [6, 6.07) is 5.03. The van der Waals surface area contributed by atoms with Gasteiger partial charge in [0.2, 0.25) is 0 Å². The van der Waals surface area contributed by atoms with Crippen LogP contribution in [0.25, 0.3) is 10.9 Å². The summed E-state index contributed by atoms with van der Waals surface area (Å²) in [5.41, 5.74) is 1.16. The van der Waals surface area contributed by atoms with Crippen LogP contribution in [-0.4, -0.2) is 53.3 Å². The Labute approximate surface area is 163 Å². The Kier molecular flexibility index (Phi) is 4.91. The van der Waals surface area contributed by atoms with Crippen molar-refractivity contribution < 1.29 is 27.2 Å². The summed E-state index contributed by atoms with van der Waals surface area (Å²) in [7, 11) is 0. The molecule has 0 aliphatic carbocycles. The molecular weight excluding hydrogens is 391 g/mol.